The molecule has 0 spiro atoms. The van der Waals surface area contributed by atoms with Crippen molar-refractivity contribution in [1.82, 2.24) is 20.4 Å². The van der Waals surface area contributed by atoms with Gasteiger partial charge in [0.15, 0.2) is 5.96 Å². The van der Waals surface area contributed by atoms with E-state index in [4.69, 9.17) is 11.6 Å². The first-order valence-corrected chi connectivity index (χ1v) is 11.7. The van der Waals surface area contributed by atoms with Crippen LogP contribution in [0.2, 0.25) is 5.02 Å². The van der Waals surface area contributed by atoms with E-state index < -0.39 is 0 Å². The minimum Gasteiger partial charge on any atom is -0.356 e. The quantitative estimate of drug-likeness (QED) is 0.323. The van der Waals surface area contributed by atoms with Gasteiger partial charge in [0.05, 0.1) is 0 Å². The summed E-state index contributed by atoms with van der Waals surface area (Å²) in [6.07, 6.45) is 6.45. The van der Waals surface area contributed by atoms with Gasteiger partial charge in [-0.2, -0.15) is 0 Å². The predicted octanol–water partition coefficient (Wildman–Crippen LogP) is 3.96. The van der Waals surface area contributed by atoms with Gasteiger partial charge in [0, 0.05) is 49.8 Å². The van der Waals surface area contributed by atoms with Gasteiger partial charge < -0.3 is 10.6 Å². The summed E-state index contributed by atoms with van der Waals surface area (Å²) in [5.41, 5.74) is 1.24. The van der Waals surface area contributed by atoms with Gasteiger partial charge in [-0.15, -0.1) is 24.0 Å². The first kappa shape index (κ1) is 24.1. The molecule has 1 aromatic carbocycles. The summed E-state index contributed by atoms with van der Waals surface area (Å²) in [6, 6.07) is 10.3. The van der Waals surface area contributed by atoms with Crippen LogP contribution in [0.25, 0.3) is 0 Å². The number of benzene rings is 1. The van der Waals surface area contributed by atoms with Gasteiger partial charge in [-0.1, -0.05) is 29.8 Å². The number of halogens is 2. The molecule has 1 saturated carbocycles. The van der Waals surface area contributed by atoms with Gasteiger partial charge in [0.2, 0.25) is 0 Å². The smallest absolute Gasteiger partial charge is 0.191 e. The fourth-order valence-corrected chi connectivity index (χ4v) is 5.12. The van der Waals surface area contributed by atoms with Crippen molar-refractivity contribution in [2.24, 2.45) is 10.9 Å². The van der Waals surface area contributed by atoms with E-state index in [1.807, 2.05) is 19.2 Å². The third-order valence-corrected chi connectivity index (χ3v) is 7.19. The highest BCUT2D eigenvalue weighted by Gasteiger charge is 2.38. The Hall–Kier alpha value is -0.570. The molecule has 2 aliphatic heterocycles. The zero-order chi connectivity index (χ0) is 20.2. The van der Waals surface area contributed by atoms with Crippen LogP contribution in [0, 0.1) is 5.92 Å². The van der Waals surface area contributed by atoms with E-state index in [9.17, 15) is 0 Å². The van der Waals surface area contributed by atoms with Crippen LogP contribution in [0.15, 0.2) is 29.3 Å². The number of nitrogens with one attached hydrogen (secondary N) is 2. The van der Waals surface area contributed by atoms with Crippen molar-refractivity contribution in [2.75, 3.05) is 33.2 Å². The van der Waals surface area contributed by atoms with E-state index in [0.29, 0.717) is 18.0 Å². The molecule has 3 aliphatic rings. The number of likely N-dealkylation sites (tertiary alicyclic amines) is 2. The number of piperidine rings is 1. The van der Waals surface area contributed by atoms with Crippen molar-refractivity contribution >= 4 is 41.5 Å². The van der Waals surface area contributed by atoms with Crippen molar-refractivity contribution in [3.63, 3.8) is 0 Å². The fourth-order valence-electron chi connectivity index (χ4n) is 4.92. The molecule has 2 heterocycles. The predicted molar refractivity (Wildman–Crippen MR) is 137 cm³/mol. The second-order valence-corrected chi connectivity index (χ2v) is 9.53. The molecule has 0 amide bonds. The zero-order valence-corrected chi connectivity index (χ0v) is 21.4. The van der Waals surface area contributed by atoms with Crippen molar-refractivity contribution in [1.29, 1.82) is 0 Å². The Morgan fingerprint density at radius 1 is 1.17 bits per heavy atom. The molecule has 2 saturated heterocycles. The summed E-state index contributed by atoms with van der Waals surface area (Å²) < 4.78 is 0. The summed E-state index contributed by atoms with van der Waals surface area (Å²) >= 11 is 6.32. The lowest BCUT2D eigenvalue weighted by atomic mass is 9.96. The van der Waals surface area contributed by atoms with Crippen LogP contribution in [-0.4, -0.2) is 67.1 Å². The highest BCUT2D eigenvalue weighted by Crippen LogP contribution is 2.33. The number of hydrogen-bond acceptors (Lipinski definition) is 3. The molecular weight excluding hydrogens is 509 g/mol. The molecule has 2 N–H and O–H groups in total. The third-order valence-electron chi connectivity index (χ3n) is 6.82. The zero-order valence-electron chi connectivity index (χ0n) is 18.3. The average molecular weight is 546 g/mol. The molecule has 3 fully saturated rings. The van der Waals surface area contributed by atoms with E-state index in [0.717, 1.165) is 49.7 Å². The summed E-state index contributed by atoms with van der Waals surface area (Å²) in [6.45, 7) is 7.77. The van der Waals surface area contributed by atoms with Gasteiger partial charge in [-0.25, -0.2) is 0 Å². The third kappa shape index (κ3) is 6.47. The van der Waals surface area contributed by atoms with E-state index in [1.165, 1.54) is 37.7 Å². The van der Waals surface area contributed by atoms with Crippen LogP contribution in [0.1, 0.15) is 44.6 Å². The molecule has 2 atom stereocenters. The van der Waals surface area contributed by atoms with Crippen LogP contribution in [0.4, 0.5) is 0 Å². The molecule has 7 heteroatoms. The van der Waals surface area contributed by atoms with Crippen LogP contribution in [0.3, 0.4) is 0 Å². The van der Waals surface area contributed by atoms with E-state index >= 15 is 0 Å². The molecular formula is C23H37ClIN5. The SMILES string of the molecule is CN=C(NCC1CCN(Cc2ccccc2Cl)CC1)NC1CC(C)N(C2CC2)C1.I. The van der Waals surface area contributed by atoms with Crippen LogP contribution in [0.5, 0.6) is 0 Å². The number of aliphatic imine (C=N–C) groups is 1. The number of guanidine groups is 1. The number of nitrogens with zero attached hydrogens (tertiary/aromatic N) is 3. The topological polar surface area (TPSA) is 42.9 Å². The summed E-state index contributed by atoms with van der Waals surface area (Å²) in [5.74, 6) is 1.68. The molecule has 0 aromatic heterocycles. The summed E-state index contributed by atoms with van der Waals surface area (Å²) in [5, 5.41) is 8.15. The van der Waals surface area contributed by atoms with E-state index in [1.54, 1.807) is 0 Å². The van der Waals surface area contributed by atoms with E-state index in [-0.39, 0.29) is 24.0 Å². The molecule has 5 nitrogen and oxygen atoms in total. The van der Waals surface area contributed by atoms with Crippen LogP contribution >= 0.6 is 35.6 Å². The minimum absolute atomic E-state index is 0. The molecule has 0 radical (unpaired) electrons. The number of hydrogen-bond donors (Lipinski definition) is 2. The maximum atomic E-state index is 6.32. The highest BCUT2D eigenvalue weighted by molar-refractivity contribution is 14.0. The fraction of sp³-hybridized carbons (Fsp3) is 0.696. The maximum absolute atomic E-state index is 6.32. The summed E-state index contributed by atoms with van der Waals surface area (Å²) in [7, 11) is 1.89. The minimum atomic E-state index is 0. The molecule has 30 heavy (non-hydrogen) atoms. The molecule has 4 rings (SSSR count). The van der Waals surface area contributed by atoms with Gasteiger partial charge in [0.1, 0.15) is 0 Å². The molecule has 1 aliphatic carbocycles. The average Bonchev–Trinajstić information content (AvgIpc) is 3.50. The molecule has 1 aromatic rings. The van der Waals surface area contributed by atoms with Crippen molar-refractivity contribution < 1.29 is 0 Å². The first-order chi connectivity index (χ1) is 14.1. The Morgan fingerprint density at radius 2 is 1.90 bits per heavy atom. The standard InChI is InChI=1S/C23H36ClN5.HI/c1-17-13-20(16-29(17)21-7-8-21)27-23(25-2)26-14-18-9-11-28(12-10-18)15-19-5-3-4-6-22(19)24;/h3-6,17-18,20-21H,7-16H2,1-2H3,(H2,25,26,27);1H. The lowest BCUT2D eigenvalue weighted by Gasteiger charge is -2.32. The second-order valence-electron chi connectivity index (χ2n) is 9.12. The first-order valence-electron chi connectivity index (χ1n) is 11.3. The van der Waals surface area contributed by atoms with Crippen molar-refractivity contribution in [3.05, 3.63) is 34.9 Å². The molecule has 168 valence electrons. The Morgan fingerprint density at radius 3 is 2.57 bits per heavy atom. The lowest BCUT2D eigenvalue weighted by Crippen LogP contribution is -2.47. The Balaban J connectivity index is 0.00000256. The van der Waals surface area contributed by atoms with Crippen LogP contribution < -0.4 is 10.6 Å². The largest absolute Gasteiger partial charge is 0.356 e. The Kier molecular flexibility index (Phi) is 9.10. The van der Waals surface area contributed by atoms with E-state index in [2.05, 4.69) is 44.5 Å². The summed E-state index contributed by atoms with van der Waals surface area (Å²) in [4.78, 5) is 9.68. The van der Waals surface area contributed by atoms with Crippen molar-refractivity contribution in [3.8, 4) is 0 Å². The van der Waals surface area contributed by atoms with Crippen LogP contribution in [-0.2, 0) is 6.54 Å². The Bertz CT molecular complexity index is 703. The van der Waals surface area contributed by atoms with Gasteiger partial charge in [0.25, 0.3) is 0 Å². The van der Waals surface area contributed by atoms with Gasteiger partial charge in [-0.3, -0.25) is 14.8 Å². The maximum Gasteiger partial charge on any atom is 0.191 e. The second kappa shape index (κ2) is 11.3. The monoisotopic (exact) mass is 545 g/mol. The molecule has 0 bridgehead atoms. The Labute approximate surface area is 204 Å². The van der Waals surface area contributed by atoms with Gasteiger partial charge in [-0.05, 0) is 69.7 Å². The molecule has 2 unspecified atom stereocenters. The lowest BCUT2D eigenvalue weighted by molar-refractivity contribution is 0.178. The highest BCUT2D eigenvalue weighted by atomic mass is 127. The van der Waals surface area contributed by atoms with Crippen molar-refractivity contribution in [2.45, 2.75) is 63.7 Å². The normalized spacial score (nSPS) is 26.4. The number of rotatable bonds is 6. The van der Waals surface area contributed by atoms with Gasteiger partial charge >= 0.3 is 0 Å².